The number of methoxy groups -OCH3 is 3. The summed E-state index contributed by atoms with van der Waals surface area (Å²) in [6, 6.07) is 0. The van der Waals surface area contributed by atoms with Gasteiger partial charge in [-0.3, -0.25) is 9.29 Å². The van der Waals surface area contributed by atoms with Crippen molar-refractivity contribution in [2.75, 3.05) is 32.7 Å². The lowest BCUT2D eigenvalue weighted by atomic mass is 9.75. The van der Waals surface area contributed by atoms with Gasteiger partial charge in [0.05, 0.1) is 19.2 Å². The summed E-state index contributed by atoms with van der Waals surface area (Å²) < 4.78 is 47.3. The predicted molar refractivity (Wildman–Crippen MR) is 131 cm³/mol. The number of aliphatic hydroxyl groups is 1. The number of nitrogens with zero attached hydrogens (tertiary/aromatic N) is 7. The Morgan fingerprint density at radius 1 is 1.11 bits per heavy atom. The molecule has 14 nitrogen and oxygen atoms in total. The van der Waals surface area contributed by atoms with Crippen LogP contribution in [0.1, 0.15) is 43.4 Å². The average Bonchev–Trinajstić information content (AvgIpc) is 3.25. The summed E-state index contributed by atoms with van der Waals surface area (Å²) in [4.78, 5) is 16.5. The Hall–Kier alpha value is -3.14. The van der Waals surface area contributed by atoms with Gasteiger partial charge in [0.1, 0.15) is 23.5 Å². The smallest absolute Gasteiger partial charge is 0.245 e. The van der Waals surface area contributed by atoms with Gasteiger partial charge in [0.2, 0.25) is 27.7 Å². The van der Waals surface area contributed by atoms with Gasteiger partial charge >= 0.3 is 0 Å². The molecule has 2 N–H and O–H groups in total. The van der Waals surface area contributed by atoms with E-state index in [1.165, 1.54) is 51.5 Å². The van der Waals surface area contributed by atoms with E-state index in [2.05, 4.69) is 34.9 Å². The summed E-state index contributed by atoms with van der Waals surface area (Å²) >= 11 is 5.87. The Morgan fingerprint density at radius 3 is 2.27 bits per heavy atom. The number of hydrogen-bond acceptors (Lipinski definition) is 12. The first kappa shape index (κ1) is 26.9. The number of halogens is 1. The van der Waals surface area contributed by atoms with Gasteiger partial charge in [-0.1, -0.05) is 11.6 Å². The molecule has 1 saturated carbocycles. The highest BCUT2D eigenvalue weighted by Crippen LogP contribution is 2.43. The summed E-state index contributed by atoms with van der Waals surface area (Å²) in [5, 5.41) is 17.1. The Morgan fingerprint density at radius 2 is 1.73 bits per heavy atom. The fraction of sp³-hybridized carbons (Fsp3) is 0.524. The second-order valence-corrected chi connectivity index (χ2v) is 10.9. The highest BCUT2D eigenvalue weighted by molar-refractivity contribution is 7.93. The third-order valence-corrected chi connectivity index (χ3v) is 8.10. The van der Waals surface area contributed by atoms with Crippen LogP contribution in [0.5, 0.6) is 11.8 Å². The maximum atomic E-state index is 13.5. The summed E-state index contributed by atoms with van der Waals surface area (Å²) in [5.74, 6) is 0.763. The molecule has 0 radical (unpaired) electrons. The highest BCUT2D eigenvalue weighted by atomic mass is 35.5. The van der Waals surface area contributed by atoms with E-state index in [4.69, 9.17) is 25.8 Å². The van der Waals surface area contributed by atoms with E-state index < -0.39 is 21.4 Å². The number of hydrogen-bond donors (Lipinski definition) is 2. The molecule has 1 fully saturated rings. The monoisotopic (exact) mass is 554 g/mol. The SMILES string of the molecule is COc1ncnc(OC)c1-n1c(NS(=O)(=O)[C@@H](C)[C@H](OC)c2ncc(Cl)cn2)nnc1[C@H]1C[C@H](CO)C1. The van der Waals surface area contributed by atoms with Gasteiger partial charge in [0, 0.05) is 32.0 Å². The van der Waals surface area contributed by atoms with Crippen LogP contribution >= 0.6 is 11.6 Å². The molecule has 0 aromatic carbocycles. The molecule has 0 unspecified atom stereocenters. The standard InChI is InChI=1S/C21H27ClN8O6S/c1-11(16(34-2)17-23-7-14(22)8-24-17)37(32,33)29-21-28-27-18(13-5-12(6-13)9-31)30(21)15-19(35-3)25-10-26-20(15)36-4/h7-8,10-13,16,31H,5-6,9H2,1-4H3,(H,28,29)/t11-,12-,13-,16-/m0/s1. The second-order valence-electron chi connectivity index (χ2n) is 8.44. The molecule has 3 heterocycles. The van der Waals surface area contributed by atoms with Crippen LogP contribution in [0.15, 0.2) is 18.7 Å². The third kappa shape index (κ3) is 5.30. The summed E-state index contributed by atoms with van der Waals surface area (Å²) in [5.41, 5.74) is 0.231. The van der Waals surface area contributed by atoms with Crippen LogP contribution in [-0.4, -0.2) is 81.4 Å². The molecule has 0 aliphatic heterocycles. The van der Waals surface area contributed by atoms with Crippen LogP contribution in [-0.2, 0) is 14.8 Å². The van der Waals surface area contributed by atoms with Crippen molar-refractivity contribution in [3.05, 3.63) is 35.4 Å². The molecule has 16 heteroatoms. The van der Waals surface area contributed by atoms with Crippen LogP contribution in [0.25, 0.3) is 5.69 Å². The summed E-state index contributed by atoms with van der Waals surface area (Å²) in [6.07, 6.45) is 4.27. The van der Waals surface area contributed by atoms with Crippen molar-refractivity contribution in [1.82, 2.24) is 34.7 Å². The third-order valence-electron chi connectivity index (χ3n) is 6.21. The molecule has 1 aliphatic carbocycles. The van der Waals surface area contributed by atoms with Gasteiger partial charge in [-0.15, -0.1) is 10.2 Å². The van der Waals surface area contributed by atoms with Gasteiger partial charge in [-0.25, -0.2) is 18.4 Å². The first-order chi connectivity index (χ1) is 17.7. The molecule has 4 rings (SSSR count). The molecule has 3 aromatic rings. The Bertz CT molecular complexity index is 1310. The maximum Gasteiger partial charge on any atom is 0.245 e. The lowest BCUT2D eigenvalue weighted by Gasteiger charge is -2.33. The Labute approximate surface area is 218 Å². The number of anilines is 1. The quantitative estimate of drug-likeness (QED) is 0.350. The number of ether oxygens (including phenoxy) is 3. The van der Waals surface area contributed by atoms with Gasteiger partial charge in [-0.05, 0) is 25.7 Å². The number of aromatic nitrogens is 7. The molecule has 0 amide bonds. The van der Waals surface area contributed by atoms with Gasteiger partial charge in [-0.2, -0.15) is 9.97 Å². The largest absolute Gasteiger partial charge is 0.479 e. The summed E-state index contributed by atoms with van der Waals surface area (Å²) in [6.45, 7) is 1.51. The van der Waals surface area contributed by atoms with Crippen molar-refractivity contribution in [2.45, 2.75) is 37.0 Å². The van der Waals surface area contributed by atoms with E-state index in [9.17, 15) is 13.5 Å². The molecule has 0 saturated heterocycles. The number of nitrogens with one attached hydrogen (secondary N) is 1. The number of aliphatic hydroxyl groups excluding tert-OH is 1. The molecule has 2 atom stereocenters. The molecular formula is C21H27ClN8O6S. The minimum absolute atomic E-state index is 0.0495. The van der Waals surface area contributed by atoms with E-state index in [-0.39, 0.29) is 47.7 Å². The highest BCUT2D eigenvalue weighted by Gasteiger charge is 2.38. The predicted octanol–water partition coefficient (Wildman–Crippen LogP) is 1.52. The average molecular weight is 555 g/mol. The van der Waals surface area contributed by atoms with E-state index in [0.29, 0.717) is 23.7 Å². The molecular weight excluding hydrogens is 528 g/mol. The molecule has 0 bridgehead atoms. The van der Waals surface area contributed by atoms with Crippen LogP contribution < -0.4 is 14.2 Å². The Balaban J connectivity index is 1.76. The van der Waals surface area contributed by atoms with Gasteiger partial charge in [0.25, 0.3) is 0 Å². The topological polar surface area (TPSA) is 176 Å². The fourth-order valence-corrected chi connectivity index (χ4v) is 5.37. The minimum atomic E-state index is -4.14. The van der Waals surface area contributed by atoms with Crippen molar-refractivity contribution in [1.29, 1.82) is 0 Å². The van der Waals surface area contributed by atoms with E-state index in [1.807, 2.05) is 0 Å². The van der Waals surface area contributed by atoms with Crippen LogP contribution in [0.3, 0.4) is 0 Å². The van der Waals surface area contributed by atoms with Crippen molar-refractivity contribution >= 4 is 27.6 Å². The van der Waals surface area contributed by atoms with Crippen LogP contribution in [0, 0.1) is 5.92 Å². The molecule has 0 spiro atoms. The minimum Gasteiger partial charge on any atom is -0.479 e. The molecule has 37 heavy (non-hydrogen) atoms. The van der Waals surface area contributed by atoms with Gasteiger partial charge in [0.15, 0.2) is 11.5 Å². The van der Waals surface area contributed by atoms with Crippen molar-refractivity contribution < 1.29 is 27.7 Å². The van der Waals surface area contributed by atoms with E-state index in [0.717, 1.165) is 0 Å². The zero-order valence-corrected chi connectivity index (χ0v) is 22.1. The summed E-state index contributed by atoms with van der Waals surface area (Å²) in [7, 11) is 0.0554. The van der Waals surface area contributed by atoms with Crippen molar-refractivity contribution in [3.8, 4) is 17.4 Å². The molecule has 3 aromatic heterocycles. The maximum absolute atomic E-state index is 13.5. The van der Waals surface area contributed by atoms with Crippen molar-refractivity contribution in [3.63, 3.8) is 0 Å². The first-order valence-corrected chi connectivity index (χ1v) is 13.2. The first-order valence-electron chi connectivity index (χ1n) is 11.2. The van der Waals surface area contributed by atoms with E-state index in [1.54, 1.807) is 0 Å². The van der Waals surface area contributed by atoms with Gasteiger partial charge < -0.3 is 19.3 Å². The Kier molecular flexibility index (Phi) is 8.06. The molecule has 1 aliphatic rings. The second kappa shape index (κ2) is 11.1. The lowest BCUT2D eigenvalue weighted by Crippen LogP contribution is -2.34. The van der Waals surface area contributed by atoms with Crippen LogP contribution in [0.2, 0.25) is 5.02 Å². The number of sulfonamides is 1. The van der Waals surface area contributed by atoms with Crippen molar-refractivity contribution in [2.24, 2.45) is 5.92 Å². The number of rotatable bonds is 11. The fourth-order valence-electron chi connectivity index (χ4n) is 4.14. The normalized spacial score (nSPS) is 19.1. The zero-order chi connectivity index (χ0) is 26.7. The van der Waals surface area contributed by atoms with E-state index >= 15 is 0 Å². The van der Waals surface area contributed by atoms with Crippen LogP contribution in [0.4, 0.5) is 5.95 Å². The molecule has 200 valence electrons. The zero-order valence-electron chi connectivity index (χ0n) is 20.6. The lowest BCUT2D eigenvalue weighted by molar-refractivity contribution is 0.0950.